The number of piperazine rings is 1. The number of rotatable bonds is 1. The van der Waals surface area contributed by atoms with Crippen LogP contribution in [0.4, 0.5) is 9.59 Å². The Hall–Kier alpha value is -1.99. The number of carbonyl (C=O) groups is 3. The van der Waals surface area contributed by atoms with Gasteiger partial charge in [-0.1, -0.05) is 0 Å². The first-order chi connectivity index (χ1) is 10.7. The summed E-state index contributed by atoms with van der Waals surface area (Å²) in [6, 6.07) is -0.337. The van der Waals surface area contributed by atoms with Crippen LogP contribution in [0.25, 0.3) is 0 Å². The first-order valence-electron chi connectivity index (χ1n) is 7.91. The lowest BCUT2D eigenvalue weighted by Gasteiger charge is -2.35. The Bertz CT molecular complexity index is 480. The van der Waals surface area contributed by atoms with E-state index in [-0.39, 0.29) is 29.6 Å². The summed E-state index contributed by atoms with van der Waals surface area (Å²) in [6.45, 7) is 8.34. The zero-order valence-electron chi connectivity index (χ0n) is 14.3. The molecule has 8 nitrogen and oxygen atoms in total. The molecule has 0 aliphatic carbocycles. The van der Waals surface area contributed by atoms with Crippen LogP contribution < -0.4 is 5.32 Å². The lowest BCUT2D eigenvalue weighted by Crippen LogP contribution is -2.55. The highest BCUT2D eigenvalue weighted by molar-refractivity contribution is 5.82. The van der Waals surface area contributed by atoms with Crippen LogP contribution in [0.15, 0.2) is 0 Å². The van der Waals surface area contributed by atoms with Gasteiger partial charge in [-0.25, -0.2) is 9.59 Å². The van der Waals surface area contributed by atoms with E-state index in [0.29, 0.717) is 39.1 Å². The molecule has 2 saturated heterocycles. The van der Waals surface area contributed by atoms with Gasteiger partial charge in [0.1, 0.15) is 0 Å². The van der Waals surface area contributed by atoms with Crippen molar-refractivity contribution in [2.45, 2.75) is 38.8 Å². The third-order valence-corrected chi connectivity index (χ3v) is 4.26. The van der Waals surface area contributed by atoms with Crippen LogP contribution in [-0.2, 0) is 9.53 Å². The fraction of sp³-hybridized carbons (Fsp3) is 0.800. The first kappa shape index (κ1) is 17.4. The second-order valence-corrected chi connectivity index (χ2v) is 6.97. The highest BCUT2D eigenvalue weighted by Crippen LogP contribution is 2.22. The standard InChI is InChI=1S/C15H26N4O4/c1-15(2,3)19-10-11(9-12(19)20)16-13(21)17-5-7-18(8-6-17)14(22)23-4/h11H,5-10H2,1-4H3,(H,16,21). The Balaban J connectivity index is 1.82. The molecule has 0 aromatic carbocycles. The van der Waals surface area contributed by atoms with Crippen molar-refractivity contribution in [3.63, 3.8) is 0 Å². The minimum absolute atomic E-state index is 0.0679. The van der Waals surface area contributed by atoms with Crippen molar-refractivity contribution < 1.29 is 19.1 Å². The molecule has 2 aliphatic heterocycles. The maximum absolute atomic E-state index is 12.3. The van der Waals surface area contributed by atoms with E-state index in [9.17, 15) is 14.4 Å². The Kier molecular flexibility index (Phi) is 5.01. The molecular formula is C15H26N4O4. The molecule has 0 spiro atoms. The van der Waals surface area contributed by atoms with E-state index in [1.165, 1.54) is 7.11 Å². The smallest absolute Gasteiger partial charge is 0.409 e. The van der Waals surface area contributed by atoms with Crippen LogP contribution in [-0.4, -0.2) is 84.1 Å². The quantitative estimate of drug-likeness (QED) is 0.760. The highest BCUT2D eigenvalue weighted by atomic mass is 16.5. The number of carbonyl (C=O) groups excluding carboxylic acids is 3. The molecule has 1 N–H and O–H groups in total. The maximum Gasteiger partial charge on any atom is 0.409 e. The lowest BCUT2D eigenvalue weighted by molar-refractivity contribution is -0.131. The molecule has 4 amide bonds. The zero-order chi connectivity index (χ0) is 17.2. The van der Waals surface area contributed by atoms with Gasteiger partial charge in [0.15, 0.2) is 0 Å². The Morgan fingerprint density at radius 3 is 2.17 bits per heavy atom. The SMILES string of the molecule is COC(=O)N1CCN(C(=O)NC2CC(=O)N(C(C)(C)C)C2)CC1. The fourth-order valence-corrected chi connectivity index (χ4v) is 2.94. The Morgan fingerprint density at radius 2 is 1.70 bits per heavy atom. The monoisotopic (exact) mass is 326 g/mol. The van der Waals surface area contributed by atoms with Crippen LogP contribution in [0.2, 0.25) is 0 Å². The molecular weight excluding hydrogens is 300 g/mol. The molecule has 1 unspecified atom stereocenters. The van der Waals surface area contributed by atoms with Crippen molar-refractivity contribution in [1.29, 1.82) is 0 Å². The predicted molar refractivity (Wildman–Crippen MR) is 84.0 cm³/mol. The van der Waals surface area contributed by atoms with Gasteiger partial charge in [-0.2, -0.15) is 0 Å². The van der Waals surface area contributed by atoms with E-state index in [4.69, 9.17) is 0 Å². The van der Waals surface area contributed by atoms with Gasteiger partial charge in [-0.05, 0) is 20.8 Å². The van der Waals surface area contributed by atoms with Crippen LogP contribution in [0, 0.1) is 0 Å². The second kappa shape index (κ2) is 6.64. The van der Waals surface area contributed by atoms with Gasteiger partial charge in [-0.3, -0.25) is 4.79 Å². The number of urea groups is 1. The second-order valence-electron chi connectivity index (χ2n) is 6.97. The van der Waals surface area contributed by atoms with Crippen molar-refractivity contribution in [2.24, 2.45) is 0 Å². The molecule has 0 aromatic heterocycles. The first-order valence-corrected chi connectivity index (χ1v) is 7.91. The van der Waals surface area contributed by atoms with E-state index in [0.717, 1.165) is 0 Å². The fourth-order valence-electron chi connectivity index (χ4n) is 2.94. The van der Waals surface area contributed by atoms with E-state index in [1.54, 1.807) is 14.7 Å². The van der Waals surface area contributed by atoms with Crippen molar-refractivity contribution in [1.82, 2.24) is 20.0 Å². The Morgan fingerprint density at radius 1 is 1.13 bits per heavy atom. The maximum atomic E-state index is 12.3. The molecule has 0 bridgehead atoms. The highest BCUT2D eigenvalue weighted by Gasteiger charge is 2.37. The molecule has 2 aliphatic rings. The molecule has 1 atom stereocenters. The number of nitrogens with zero attached hydrogens (tertiary/aromatic N) is 3. The van der Waals surface area contributed by atoms with Crippen LogP contribution >= 0.6 is 0 Å². The van der Waals surface area contributed by atoms with E-state index in [1.807, 2.05) is 20.8 Å². The van der Waals surface area contributed by atoms with Gasteiger partial charge >= 0.3 is 12.1 Å². The average molecular weight is 326 g/mol. The van der Waals surface area contributed by atoms with Crippen LogP contribution in [0.1, 0.15) is 27.2 Å². The number of amides is 4. The molecule has 23 heavy (non-hydrogen) atoms. The summed E-state index contributed by atoms with van der Waals surface area (Å²) < 4.78 is 4.67. The number of methoxy groups -OCH3 is 1. The van der Waals surface area contributed by atoms with Crippen molar-refractivity contribution in [2.75, 3.05) is 39.8 Å². The molecule has 0 saturated carbocycles. The molecule has 0 radical (unpaired) electrons. The summed E-state index contributed by atoms with van der Waals surface area (Å²) in [5, 5.41) is 2.93. The minimum atomic E-state index is -0.368. The average Bonchev–Trinajstić information content (AvgIpc) is 2.87. The van der Waals surface area contributed by atoms with Crippen LogP contribution in [0.3, 0.4) is 0 Å². The van der Waals surface area contributed by atoms with Gasteiger partial charge < -0.3 is 24.8 Å². The van der Waals surface area contributed by atoms with Crippen molar-refractivity contribution >= 4 is 18.0 Å². The predicted octanol–water partition coefficient (Wildman–Crippen LogP) is 0.479. The molecule has 2 heterocycles. The molecule has 8 heteroatoms. The number of hydrogen-bond acceptors (Lipinski definition) is 4. The summed E-state index contributed by atoms with van der Waals surface area (Å²) in [6.07, 6.45) is -0.0298. The van der Waals surface area contributed by atoms with Gasteiger partial charge in [0.25, 0.3) is 0 Å². The van der Waals surface area contributed by atoms with Gasteiger partial charge in [0.05, 0.1) is 13.2 Å². The lowest BCUT2D eigenvalue weighted by atomic mass is 10.1. The number of nitrogens with one attached hydrogen (secondary N) is 1. The summed E-state index contributed by atoms with van der Waals surface area (Å²) >= 11 is 0. The normalized spacial score (nSPS) is 22.3. The topological polar surface area (TPSA) is 82.2 Å². The third-order valence-electron chi connectivity index (χ3n) is 4.26. The van der Waals surface area contributed by atoms with E-state index < -0.39 is 0 Å². The van der Waals surface area contributed by atoms with Crippen molar-refractivity contribution in [3.05, 3.63) is 0 Å². The summed E-state index contributed by atoms with van der Waals surface area (Å²) in [4.78, 5) is 40.8. The zero-order valence-corrected chi connectivity index (χ0v) is 14.3. The summed E-state index contributed by atoms with van der Waals surface area (Å²) in [5.74, 6) is 0.0679. The number of hydrogen-bond donors (Lipinski definition) is 1. The van der Waals surface area contributed by atoms with Gasteiger partial charge in [-0.15, -0.1) is 0 Å². The summed E-state index contributed by atoms with van der Waals surface area (Å²) in [7, 11) is 1.35. The number of ether oxygens (including phenoxy) is 1. The van der Waals surface area contributed by atoms with Crippen molar-refractivity contribution in [3.8, 4) is 0 Å². The molecule has 130 valence electrons. The van der Waals surface area contributed by atoms with E-state index in [2.05, 4.69) is 10.1 Å². The largest absolute Gasteiger partial charge is 0.453 e. The molecule has 2 rings (SSSR count). The van der Waals surface area contributed by atoms with Gasteiger partial charge in [0, 0.05) is 44.7 Å². The third kappa shape index (κ3) is 4.05. The summed E-state index contributed by atoms with van der Waals surface area (Å²) in [5.41, 5.74) is -0.233. The van der Waals surface area contributed by atoms with Gasteiger partial charge in [0.2, 0.25) is 5.91 Å². The molecule has 0 aromatic rings. The van der Waals surface area contributed by atoms with E-state index >= 15 is 0 Å². The molecule has 2 fully saturated rings. The van der Waals surface area contributed by atoms with Crippen LogP contribution in [0.5, 0.6) is 0 Å². The Labute approximate surface area is 136 Å². The number of likely N-dealkylation sites (tertiary alicyclic amines) is 1. The minimum Gasteiger partial charge on any atom is -0.453 e.